The zero-order valence-electron chi connectivity index (χ0n) is 6.77. The summed E-state index contributed by atoms with van der Waals surface area (Å²) in [5, 5.41) is 3.21. The number of rotatable bonds is 3. The van der Waals surface area contributed by atoms with Gasteiger partial charge in [-0.25, -0.2) is 0 Å². The summed E-state index contributed by atoms with van der Waals surface area (Å²) in [4.78, 5) is 0. The van der Waals surface area contributed by atoms with Gasteiger partial charge in [0.15, 0.2) is 0 Å². The van der Waals surface area contributed by atoms with Crippen LogP contribution in [0, 0.1) is 11.8 Å². The van der Waals surface area contributed by atoms with E-state index in [0.717, 1.165) is 18.4 Å². The molecule has 10 heavy (non-hydrogen) atoms. The summed E-state index contributed by atoms with van der Waals surface area (Å²) < 4.78 is 0. The van der Waals surface area contributed by atoms with Gasteiger partial charge < -0.3 is 11.1 Å². The van der Waals surface area contributed by atoms with Gasteiger partial charge in [0.2, 0.25) is 0 Å². The molecule has 60 valence electrons. The first-order valence-electron chi connectivity index (χ1n) is 4.21. The Morgan fingerprint density at radius 3 is 2.60 bits per heavy atom. The zero-order valence-corrected chi connectivity index (χ0v) is 6.77. The molecule has 0 saturated heterocycles. The van der Waals surface area contributed by atoms with Gasteiger partial charge >= 0.3 is 0 Å². The monoisotopic (exact) mass is 142 g/mol. The van der Waals surface area contributed by atoms with Gasteiger partial charge in [-0.1, -0.05) is 0 Å². The molecule has 0 aromatic carbocycles. The predicted molar refractivity (Wildman–Crippen MR) is 43.8 cm³/mol. The van der Waals surface area contributed by atoms with Crippen LogP contribution in [-0.2, 0) is 0 Å². The highest BCUT2D eigenvalue weighted by molar-refractivity contribution is 4.76. The molecule has 1 aliphatic carbocycles. The first-order valence-corrected chi connectivity index (χ1v) is 4.21. The number of nitrogens with two attached hydrogens (primary N) is 1. The molecule has 1 aliphatic rings. The molecule has 1 fully saturated rings. The van der Waals surface area contributed by atoms with Gasteiger partial charge in [0.25, 0.3) is 0 Å². The van der Waals surface area contributed by atoms with Crippen LogP contribution < -0.4 is 11.1 Å². The van der Waals surface area contributed by atoms with Crippen molar-refractivity contribution in [3.8, 4) is 0 Å². The summed E-state index contributed by atoms with van der Waals surface area (Å²) in [6.07, 6.45) is 4.07. The lowest BCUT2D eigenvalue weighted by Gasteiger charge is -2.07. The highest BCUT2D eigenvalue weighted by Gasteiger charge is 2.22. The summed E-state index contributed by atoms with van der Waals surface area (Å²) in [7, 11) is 2.02. The second-order valence-corrected chi connectivity index (χ2v) is 3.34. The summed E-state index contributed by atoms with van der Waals surface area (Å²) in [5.41, 5.74) is 5.57. The molecule has 2 unspecified atom stereocenters. The smallest absolute Gasteiger partial charge is 0.00234 e. The van der Waals surface area contributed by atoms with Gasteiger partial charge in [0.1, 0.15) is 0 Å². The molecule has 0 aliphatic heterocycles. The molecule has 0 heterocycles. The van der Waals surface area contributed by atoms with Crippen molar-refractivity contribution in [2.45, 2.75) is 19.3 Å². The molecule has 0 spiro atoms. The number of hydrogen-bond acceptors (Lipinski definition) is 2. The van der Waals surface area contributed by atoms with Crippen molar-refractivity contribution in [3.05, 3.63) is 0 Å². The molecule has 1 saturated carbocycles. The summed E-state index contributed by atoms with van der Waals surface area (Å²) in [6, 6.07) is 0. The van der Waals surface area contributed by atoms with E-state index in [9.17, 15) is 0 Å². The van der Waals surface area contributed by atoms with Gasteiger partial charge in [-0.3, -0.25) is 0 Å². The van der Waals surface area contributed by atoms with Crippen LogP contribution >= 0.6 is 0 Å². The molecular formula is C8H18N2. The number of nitrogens with one attached hydrogen (secondary N) is 1. The summed E-state index contributed by atoms with van der Waals surface area (Å²) in [5.74, 6) is 1.72. The van der Waals surface area contributed by atoms with Crippen LogP contribution in [0.15, 0.2) is 0 Å². The number of hydrogen-bond donors (Lipinski definition) is 2. The standard InChI is InChI=1S/C8H18N2/c1-10-6-8-3-2-7(4-8)5-9/h7-8,10H,2-6,9H2,1H3. The van der Waals surface area contributed by atoms with Crippen LogP contribution in [0.3, 0.4) is 0 Å². The molecule has 2 heteroatoms. The molecule has 2 nitrogen and oxygen atoms in total. The third kappa shape index (κ3) is 1.96. The van der Waals surface area contributed by atoms with Crippen molar-refractivity contribution in [2.75, 3.05) is 20.1 Å². The van der Waals surface area contributed by atoms with E-state index < -0.39 is 0 Å². The lowest BCUT2D eigenvalue weighted by molar-refractivity contribution is 0.479. The molecule has 1 rings (SSSR count). The van der Waals surface area contributed by atoms with Gasteiger partial charge in [0, 0.05) is 0 Å². The van der Waals surface area contributed by atoms with Crippen molar-refractivity contribution in [2.24, 2.45) is 17.6 Å². The highest BCUT2D eigenvalue weighted by atomic mass is 14.8. The van der Waals surface area contributed by atoms with E-state index in [0.29, 0.717) is 0 Å². The maximum Gasteiger partial charge on any atom is -0.00234 e. The van der Waals surface area contributed by atoms with Crippen LogP contribution in [0.4, 0.5) is 0 Å². The lowest BCUT2D eigenvalue weighted by Crippen LogP contribution is -2.17. The second-order valence-electron chi connectivity index (χ2n) is 3.34. The zero-order chi connectivity index (χ0) is 7.40. The summed E-state index contributed by atoms with van der Waals surface area (Å²) >= 11 is 0. The van der Waals surface area contributed by atoms with E-state index in [-0.39, 0.29) is 0 Å². The fraction of sp³-hybridized carbons (Fsp3) is 1.00. The average molecular weight is 142 g/mol. The Morgan fingerprint density at radius 1 is 1.40 bits per heavy atom. The Labute approximate surface area is 63.2 Å². The molecule has 0 amide bonds. The normalized spacial score (nSPS) is 33.0. The Balaban J connectivity index is 2.15. The predicted octanol–water partition coefficient (Wildman–Crippen LogP) is 0.581. The Morgan fingerprint density at radius 2 is 2.10 bits per heavy atom. The van der Waals surface area contributed by atoms with Crippen molar-refractivity contribution < 1.29 is 0 Å². The van der Waals surface area contributed by atoms with Crippen molar-refractivity contribution in [1.29, 1.82) is 0 Å². The van der Waals surface area contributed by atoms with Crippen LogP contribution in [0.25, 0.3) is 0 Å². The van der Waals surface area contributed by atoms with Crippen LogP contribution in [0.5, 0.6) is 0 Å². The quantitative estimate of drug-likeness (QED) is 0.605. The topological polar surface area (TPSA) is 38.0 Å². The van der Waals surface area contributed by atoms with Crippen molar-refractivity contribution >= 4 is 0 Å². The minimum absolute atomic E-state index is 0.818. The SMILES string of the molecule is CNCC1CCC(CN)C1. The maximum absolute atomic E-state index is 5.57. The third-order valence-corrected chi connectivity index (χ3v) is 2.48. The van der Waals surface area contributed by atoms with E-state index >= 15 is 0 Å². The van der Waals surface area contributed by atoms with E-state index in [1.165, 1.54) is 25.8 Å². The minimum Gasteiger partial charge on any atom is -0.330 e. The minimum atomic E-state index is 0.818. The molecule has 0 aromatic heterocycles. The molecule has 3 N–H and O–H groups in total. The Kier molecular flexibility index (Phi) is 3.16. The average Bonchev–Trinajstić information content (AvgIpc) is 2.37. The van der Waals surface area contributed by atoms with Crippen molar-refractivity contribution in [3.63, 3.8) is 0 Å². The Bertz CT molecular complexity index is 93.3. The lowest BCUT2D eigenvalue weighted by atomic mass is 10.1. The fourth-order valence-electron chi connectivity index (χ4n) is 1.87. The van der Waals surface area contributed by atoms with Gasteiger partial charge in [-0.05, 0) is 51.2 Å². The van der Waals surface area contributed by atoms with E-state index in [1.807, 2.05) is 7.05 Å². The maximum atomic E-state index is 5.57. The molecule has 2 atom stereocenters. The van der Waals surface area contributed by atoms with Crippen LogP contribution in [-0.4, -0.2) is 20.1 Å². The highest BCUT2D eigenvalue weighted by Crippen LogP contribution is 2.29. The van der Waals surface area contributed by atoms with Crippen LogP contribution in [0.2, 0.25) is 0 Å². The molecule has 0 aromatic rings. The van der Waals surface area contributed by atoms with Crippen LogP contribution in [0.1, 0.15) is 19.3 Å². The van der Waals surface area contributed by atoms with Gasteiger partial charge in [0.05, 0.1) is 0 Å². The first-order chi connectivity index (χ1) is 4.86. The van der Waals surface area contributed by atoms with Gasteiger partial charge in [-0.2, -0.15) is 0 Å². The molecular weight excluding hydrogens is 124 g/mol. The molecule has 0 radical (unpaired) electrons. The first kappa shape index (κ1) is 8.02. The fourth-order valence-corrected chi connectivity index (χ4v) is 1.87. The Hall–Kier alpha value is -0.0800. The third-order valence-electron chi connectivity index (χ3n) is 2.48. The van der Waals surface area contributed by atoms with E-state index in [4.69, 9.17) is 5.73 Å². The summed E-state index contributed by atoms with van der Waals surface area (Å²) in [6.45, 7) is 2.07. The van der Waals surface area contributed by atoms with E-state index in [1.54, 1.807) is 0 Å². The van der Waals surface area contributed by atoms with Gasteiger partial charge in [-0.15, -0.1) is 0 Å². The largest absolute Gasteiger partial charge is 0.330 e. The second kappa shape index (κ2) is 3.94. The van der Waals surface area contributed by atoms with Crippen molar-refractivity contribution in [1.82, 2.24) is 5.32 Å². The molecule has 0 bridgehead atoms. The van der Waals surface area contributed by atoms with E-state index in [2.05, 4.69) is 5.32 Å².